The molecule has 86 valence electrons. The highest BCUT2D eigenvalue weighted by molar-refractivity contribution is 5.75. The van der Waals surface area contributed by atoms with Crippen LogP contribution in [0.3, 0.4) is 0 Å². The molecule has 0 radical (unpaired) electrons. The molecule has 15 heavy (non-hydrogen) atoms. The summed E-state index contributed by atoms with van der Waals surface area (Å²) in [6, 6.07) is -2.99. The highest BCUT2D eigenvalue weighted by atomic mass is 19.4. The number of rotatable bonds is 0. The largest absolute Gasteiger partial charge is 0.405 e. The van der Waals surface area contributed by atoms with Gasteiger partial charge in [0.05, 0.1) is 6.04 Å². The van der Waals surface area contributed by atoms with Gasteiger partial charge in [-0.15, -0.1) is 0 Å². The van der Waals surface area contributed by atoms with E-state index in [0.717, 1.165) is 0 Å². The number of carbonyl (C=O) groups excluding carboxylic acids is 1. The number of piperazine rings is 1. The predicted octanol–water partition coefficient (Wildman–Crippen LogP) is 0.303. The first-order valence-electron chi connectivity index (χ1n) is 4.74. The van der Waals surface area contributed by atoms with Gasteiger partial charge in [-0.2, -0.15) is 13.2 Å². The van der Waals surface area contributed by atoms with Crippen LogP contribution in [0.15, 0.2) is 0 Å². The molecule has 0 saturated carbocycles. The smallest absolute Gasteiger partial charge is 0.341 e. The molecule has 2 N–H and O–H groups in total. The second-order valence-corrected chi connectivity index (χ2v) is 3.89. The molecule has 2 heterocycles. The fraction of sp³-hybridized carbons (Fsp3) is 0.875. The number of nitrogens with zero attached hydrogens (tertiary/aromatic N) is 1. The molecule has 0 spiro atoms. The van der Waals surface area contributed by atoms with Gasteiger partial charge in [-0.25, -0.2) is 4.79 Å². The van der Waals surface area contributed by atoms with E-state index in [1.807, 2.05) is 0 Å². The predicted molar refractivity (Wildman–Crippen MR) is 46.3 cm³/mol. The van der Waals surface area contributed by atoms with Crippen LogP contribution in [0, 0.1) is 0 Å². The van der Waals surface area contributed by atoms with Crippen molar-refractivity contribution in [2.24, 2.45) is 0 Å². The maximum atomic E-state index is 12.5. The second-order valence-electron chi connectivity index (χ2n) is 3.89. The molecule has 2 saturated heterocycles. The standard InChI is InChI=1S/C8H12F3N3O/c1-12-7(15)14-3-4-2-5(14)6(13-4)8(9,10)11/h4-6,13H,2-3H2,1H3,(H,12,15). The molecule has 0 aliphatic carbocycles. The van der Waals surface area contributed by atoms with Crippen molar-refractivity contribution in [2.75, 3.05) is 13.6 Å². The van der Waals surface area contributed by atoms with Gasteiger partial charge in [0.15, 0.2) is 0 Å². The zero-order chi connectivity index (χ0) is 11.2. The summed E-state index contributed by atoms with van der Waals surface area (Å²) in [5.41, 5.74) is 0. The molecule has 0 aromatic carbocycles. The summed E-state index contributed by atoms with van der Waals surface area (Å²) in [5.74, 6) is 0. The monoisotopic (exact) mass is 223 g/mol. The Kier molecular flexibility index (Phi) is 2.29. The third-order valence-electron chi connectivity index (χ3n) is 2.97. The van der Waals surface area contributed by atoms with Crippen molar-refractivity contribution in [3.63, 3.8) is 0 Å². The zero-order valence-corrected chi connectivity index (χ0v) is 8.14. The first-order valence-corrected chi connectivity index (χ1v) is 4.74. The van der Waals surface area contributed by atoms with Gasteiger partial charge in [0.25, 0.3) is 0 Å². The Labute approximate surface area is 84.8 Å². The van der Waals surface area contributed by atoms with Crippen LogP contribution >= 0.6 is 0 Å². The molecule has 3 atom stereocenters. The third kappa shape index (κ3) is 1.64. The molecule has 2 fully saturated rings. The Morgan fingerprint density at radius 3 is 2.67 bits per heavy atom. The summed E-state index contributed by atoms with van der Waals surface area (Å²) in [5, 5.41) is 4.85. The normalized spacial score (nSPS) is 34.7. The maximum absolute atomic E-state index is 12.5. The lowest BCUT2D eigenvalue weighted by atomic mass is 10.1. The average molecular weight is 223 g/mol. The molecule has 2 amide bonds. The SMILES string of the molecule is CNC(=O)N1CC2CC1C(C(F)(F)F)N2. The van der Waals surface area contributed by atoms with Crippen molar-refractivity contribution in [3.8, 4) is 0 Å². The Morgan fingerprint density at radius 1 is 1.53 bits per heavy atom. The van der Waals surface area contributed by atoms with Crippen molar-refractivity contribution in [3.05, 3.63) is 0 Å². The number of urea groups is 1. The number of halogens is 3. The number of nitrogens with one attached hydrogen (secondary N) is 2. The van der Waals surface area contributed by atoms with Gasteiger partial charge in [-0.3, -0.25) is 5.32 Å². The Balaban J connectivity index is 2.13. The number of carbonyl (C=O) groups is 1. The van der Waals surface area contributed by atoms with Crippen molar-refractivity contribution in [1.82, 2.24) is 15.5 Å². The zero-order valence-electron chi connectivity index (χ0n) is 8.14. The van der Waals surface area contributed by atoms with Crippen LogP contribution in [0.25, 0.3) is 0 Å². The molecule has 7 heteroatoms. The Hall–Kier alpha value is -0.980. The fourth-order valence-corrected chi connectivity index (χ4v) is 2.36. The van der Waals surface area contributed by atoms with E-state index in [2.05, 4.69) is 10.6 Å². The summed E-state index contributed by atoms with van der Waals surface area (Å²) in [6.45, 7) is 0.358. The molecular formula is C8H12F3N3O. The summed E-state index contributed by atoms with van der Waals surface area (Å²) in [6.07, 6.45) is -3.90. The van der Waals surface area contributed by atoms with Crippen molar-refractivity contribution in [1.29, 1.82) is 0 Å². The van der Waals surface area contributed by atoms with Crippen LogP contribution in [0.4, 0.5) is 18.0 Å². The van der Waals surface area contributed by atoms with Crippen molar-refractivity contribution >= 4 is 6.03 Å². The van der Waals surface area contributed by atoms with E-state index < -0.39 is 24.3 Å². The summed E-state index contributed by atoms with van der Waals surface area (Å²) >= 11 is 0. The lowest BCUT2D eigenvalue weighted by Gasteiger charge is -2.34. The minimum absolute atomic E-state index is 0.223. The molecule has 3 unspecified atom stereocenters. The molecule has 4 nitrogen and oxygen atoms in total. The van der Waals surface area contributed by atoms with Crippen LogP contribution in [-0.4, -0.2) is 48.8 Å². The highest BCUT2D eigenvalue weighted by Gasteiger charge is 2.56. The number of alkyl halides is 3. The lowest BCUT2D eigenvalue weighted by molar-refractivity contribution is -0.165. The quantitative estimate of drug-likeness (QED) is 0.620. The Bertz CT molecular complexity index is 281. The molecule has 2 bridgehead atoms. The van der Waals surface area contributed by atoms with Gasteiger partial charge in [0.2, 0.25) is 0 Å². The average Bonchev–Trinajstić information content (AvgIpc) is 2.73. The van der Waals surface area contributed by atoms with E-state index >= 15 is 0 Å². The minimum Gasteiger partial charge on any atom is -0.341 e. The van der Waals surface area contributed by atoms with Gasteiger partial charge in [0, 0.05) is 19.6 Å². The molecular weight excluding hydrogens is 211 g/mol. The first-order chi connectivity index (χ1) is 6.93. The molecule has 2 rings (SSSR count). The number of fused-ring (bicyclic) bond motifs is 2. The number of hydrogen-bond acceptors (Lipinski definition) is 2. The lowest BCUT2D eigenvalue weighted by Crippen LogP contribution is -2.59. The van der Waals surface area contributed by atoms with Gasteiger partial charge < -0.3 is 10.2 Å². The molecule has 2 aliphatic rings. The van der Waals surface area contributed by atoms with Crippen molar-refractivity contribution in [2.45, 2.75) is 30.7 Å². The maximum Gasteiger partial charge on any atom is 0.405 e. The van der Waals surface area contributed by atoms with Crippen LogP contribution in [-0.2, 0) is 0 Å². The third-order valence-corrected chi connectivity index (χ3v) is 2.97. The van der Waals surface area contributed by atoms with E-state index in [-0.39, 0.29) is 6.04 Å². The van der Waals surface area contributed by atoms with Crippen LogP contribution < -0.4 is 10.6 Å². The van der Waals surface area contributed by atoms with Crippen LogP contribution in [0.2, 0.25) is 0 Å². The molecule has 0 aromatic rings. The van der Waals surface area contributed by atoms with E-state index in [1.54, 1.807) is 0 Å². The van der Waals surface area contributed by atoms with Gasteiger partial charge in [0.1, 0.15) is 6.04 Å². The number of amides is 2. The van der Waals surface area contributed by atoms with Gasteiger partial charge >= 0.3 is 12.2 Å². The number of hydrogen-bond donors (Lipinski definition) is 2. The topological polar surface area (TPSA) is 44.4 Å². The van der Waals surface area contributed by atoms with E-state index in [9.17, 15) is 18.0 Å². The first kappa shape index (κ1) is 10.5. The minimum atomic E-state index is -4.29. The molecule has 2 aliphatic heterocycles. The fourth-order valence-electron chi connectivity index (χ4n) is 2.36. The highest BCUT2D eigenvalue weighted by Crippen LogP contribution is 2.36. The van der Waals surface area contributed by atoms with E-state index in [1.165, 1.54) is 11.9 Å². The second kappa shape index (κ2) is 3.26. The van der Waals surface area contributed by atoms with E-state index in [0.29, 0.717) is 13.0 Å². The van der Waals surface area contributed by atoms with E-state index in [4.69, 9.17) is 0 Å². The summed E-state index contributed by atoms with van der Waals surface area (Å²) < 4.78 is 37.6. The van der Waals surface area contributed by atoms with Gasteiger partial charge in [-0.05, 0) is 6.42 Å². The molecule has 0 aromatic heterocycles. The van der Waals surface area contributed by atoms with Crippen LogP contribution in [0.1, 0.15) is 6.42 Å². The Morgan fingerprint density at radius 2 is 2.20 bits per heavy atom. The number of likely N-dealkylation sites (tertiary alicyclic amines) is 1. The summed E-state index contributed by atoms with van der Waals surface area (Å²) in [4.78, 5) is 12.6. The van der Waals surface area contributed by atoms with Gasteiger partial charge in [-0.1, -0.05) is 0 Å². The summed E-state index contributed by atoms with van der Waals surface area (Å²) in [7, 11) is 1.42. The van der Waals surface area contributed by atoms with Crippen LogP contribution in [0.5, 0.6) is 0 Å². The van der Waals surface area contributed by atoms with Crippen molar-refractivity contribution < 1.29 is 18.0 Å².